The third kappa shape index (κ3) is 7.91. The summed E-state index contributed by atoms with van der Waals surface area (Å²) < 4.78 is 39.7. The molecular weight excluding hydrogens is 446 g/mol. The van der Waals surface area contributed by atoms with Gasteiger partial charge in [-0.15, -0.1) is 0 Å². The monoisotopic (exact) mass is 480 g/mol. The van der Waals surface area contributed by atoms with Crippen molar-refractivity contribution < 1.29 is 23.0 Å². The quantitative estimate of drug-likeness (QED) is 0.140. The van der Waals surface area contributed by atoms with Crippen LogP contribution in [0.4, 0.5) is 8.78 Å². The average molecular weight is 481 g/mol. The first-order valence-corrected chi connectivity index (χ1v) is 12.5. The van der Waals surface area contributed by atoms with Crippen LogP contribution in [0.2, 0.25) is 0 Å². The number of esters is 1. The molecule has 0 saturated carbocycles. The molecule has 0 unspecified atom stereocenters. The number of hydrogen-bond donors (Lipinski definition) is 0. The number of hydrogen-bond acceptors (Lipinski definition) is 3. The molecule has 0 atom stereocenters. The van der Waals surface area contributed by atoms with Crippen LogP contribution >= 0.6 is 0 Å². The average Bonchev–Trinajstić information content (AvgIpc) is 2.87. The van der Waals surface area contributed by atoms with Crippen LogP contribution in [0.1, 0.15) is 74.7 Å². The zero-order valence-electron chi connectivity index (χ0n) is 20.6. The maximum Gasteiger partial charge on any atom is 0.343 e. The molecule has 0 saturated heterocycles. The minimum atomic E-state index is -0.648. The lowest BCUT2D eigenvalue weighted by atomic mass is 10.0. The van der Waals surface area contributed by atoms with E-state index >= 15 is 0 Å². The van der Waals surface area contributed by atoms with Crippen LogP contribution < -0.4 is 9.47 Å². The summed E-state index contributed by atoms with van der Waals surface area (Å²) in [5.74, 6) is -1.47. The fraction of sp³-hybridized carbons (Fsp3) is 0.367. The Hall–Kier alpha value is -3.21. The van der Waals surface area contributed by atoms with E-state index in [2.05, 4.69) is 13.8 Å². The van der Waals surface area contributed by atoms with Gasteiger partial charge in [-0.1, -0.05) is 70.2 Å². The number of carbonyl (C=O) groups is 1. The second-order valence-electron chi connectivity index (χ2n) is 8.74. The Morgan fingerprint density at radius 1 is 0.714 bits per heavy atom. The molecule has 0 radical (unpaired) electrons. The summed E-state index contributed by atoms with van der Waals surface area (Å²) in [5, 5.41) is 0. The standard InChI is InChI=1S/C30H34F2O3/c1-3-5-7-8-9-19-34-28-18-16-25(21-27(28)32)23-12-14-24(15-13-23)30(33)35-29-17-11-22(10-6-4-2)20-26(29)31/h11-18,20-21H,3-10,19H2,1-2H3. The Labute approximate surface area is 207 Å². The first kappa shape index (κ1) is 26.4. The summed E-state index contributed by atoms with van der Waals surface area (Å²) in [6.07, 6.45) is 8.35. The van der Waals surface area contributed by atoms with Gasteiger partial charge in [-0.3, -0.25) is 0 Å². The number of carbonyl (C=O) groups excluding carboxylic acids is 1. The topological polar surface area (TPSA) is 35.5 Å². The molecule has 0 aliphatic rings. The first-order valence-electron chi connectivity index (χ1n) is 12.5. The number of unbranched alkanes of at least 4 members (excludes halogenated alkanes) is 5. The third-order valence-electron chi connectivity index (χ3n) is 5.91. The van der Waals surface area contributed by atoms with Crippen molar-refractivity contribution in [2.24, 2.45) is 0 Å². The van der Waals surface area contributed by atoms with Crippen molar-refractivity contribution in [1.82, 2.24) is 0 Å². The van der Waals surface area contributed by atoms with Gasteiger partial charge in [0, 0.05) is 0 Å². The van der Waals surface area contributed by atoms with E-state index in [1.54, 1.807) is 42.5 Å². The molecule has 0 aliphatic heterocycles. The molecule has 186 valence electrons. The molecule has 0 aromatic heterocycles. The minimum Gasteiger partial charge on any atom is -0.491 e. The maximum atomic E-state index is 14.5. The molecule has 3 aromatic rings. The fourth-order valence-corrected chi connectivity index (χ4v) is 3.81. The van der Waals surface area contributed by atoms with Gasteiger partial charge in [0.2, 0.25) is 0 Å². The van der Waals surface area contributed by atoms with Crippen LogP contribution in [0, 0.1) is 11.6 Å². The molecule has 3 aromatic carbocycles. The van der Waals surface area contributed by atoms with Gasteiger partial charge in [0.1, 0.15) is 0 Å². The van der Waals surface area contributed by atoms with E-state index in [0.717, 1.165) is 43.2 Å². The van der Waals surface area contributed by atoms with Gasteiger partial charge >= 0.3 is 5.97 Å². The van der Waals surface area contributed by atoms with E-state index in [1.807, 2.05) is 0 Å². The Bertz CT molecular complexity index is 1090. The Morgan fingerprint density at radius 2 is 1.37 bits per heavy atom. The highest BCUT2D eigenvalue weighted by molar-refractivity contribution is 5.91. The summed E-state index contributed by atoms with van der Waals surface area (Å²) in [6.45, 7) is 4.75. The van der Waals surface area contributed by atoms with E-state index in [9.17, 15) is 13.6 Å². The van der Waals surface area contributed by atoms with Gasteiger partial charge in [0.15, 0.2) is 23.1 Å². The zero-order chi connectivity index (χ0) is 25.0. The molecule has 0 fully saturated rings. The highest BCUT2D eigenvalue weighted by Crippen LogP contribution is 2.27. The lowest BCUT2D eigenvalue weighted by Crippen LogP contribution is -2.09. The van der Waals surface area contributed by atoms with Crippen LogP contribution in [0.25, 0.3) is 11.1 Å². The van der Waals surface area contributed by atoms with Gasteiger partial charge in [-0.05, 0) is 72.4 Å². The van der Waals surface area contributed by atoms with Crippen molar-refractivity contribution >= 4 is 5.97 Å². The summed E-state index contributed by atoms with van der Waals surface area (Å²) in [6, 6.07) is 16.1. The summed E-state index contributed by atoms with van der Waals surface area (Å²) in [4.78, 5) is 12.5. The van der Waals surface area contributed by atoms with Crippen molar-refractivity contribution in [3.05, 3.63) is 83.4 Å². The number of halogens is 2. The Kier molecular flexibility index (Phi) is 10.3. The van der Waals surface area contributed by atoms with Crippen molar-refractivity contribution in [3.8, 4) is 22.6 Å². The summed E-state index contributed by atoms with van der Waals surface area (Å²) in [5.41, 5.74) is 2.58. The van der Waals surface area contributed by atoms with Gasteiger partial charge in [-0.2, -0.15) is 0 Å². The summed E-state index contributed by atoms with van der Waals surface area (Å²) >= 11 is 0. The van der Waals surface area contributed by atoms with Crippen LogP contribution in [-0.2, 0) is 6.42 Å². The van der Waals surface area contributed by atoms with E-state index in [0.29, 0.717) is 12.2 Å². The molecule has 0 spiro atoms. The predicted molar refractivity (Wildman–Crippen MR) is 136 cm³/mol. The lowest BCUT2D eigenvalue weighted by Gasteiger charge is -2.10. The van der Waals surface area contributed by atoms with E-state index < -0.39 is 17.6 Å². The first-order chi connectivity index (χ1) is 17.0. The van der Waals surface area contributed by atoms with E-state index in [-0.39, 0.29) is 17.1 Å². The number of rotatable bonds is 13. The number of aryl methyl sites for hydroxylation is 1. The van der Waals surface area contributed by atoms with Crippen LogP contribution in [-0.4, -0.2) is 12.6 Å². The molecule has 5 heteroatoms. The third-order valence-corrected chi connectivity index (χ3v) is 5.91. The SMILES string of the molecule is CCCCCCCOc1ccc(-c2ccc(C(=O)Oc3ccc(CCCC)cc3F)cc2)cc1F. The second kappa shape index (κ2) is 13.6. The van der Waals surface area contributed by atoms with E-state index in [4.69, 9.17) is 9.47 Å². The van der Waals surface area contributed by atoms with Crippen molar-refractivity contribution in [1.29, 1.82) is 0 Å². The van der Waals surface area contributed by atoms with Crippen LogP contribution in [0.5, 0.6) is 11.5 Å². The summed E-state index contributed by atoms with van der Waals surface area (Å²) in [7, 11) is 0. The number of benzene rings is 3. The highest BCUT2D eigenvalue weighted by Gasteiger charge is 2.13. The molecule has 3 nitrogen and oxygen atoms in total. The molecular formula is C30H34F2O3. The van der Waals surface area contributed by atoms with Gasteiger partial charge in [0.25, 0.3) is 0 Å². The highest BCUT2D eigenvalue weighted by atomic mass is 19.1. The largest absolute Gasteiger partial charge is 0.491 e. The Morgan fingerprint density at radius 3 is 2.06 bits per heavy atom. The molecule has 0 heterocycles. The second-order valence-corrected chi connectivity index (χ2v) is 8.74. The predicted octanol–water partition coefficient (Wildman–Crippen LogP) is 8.54. The van der Waals surface area contributed by atoms with Crippen LogP contribution in [0.3, 0.4) is 0 Å². The Balaban J connectivity index is 1.58. The molecule has 3 rings (SSSR count). The van der Waals surface area contributed by atoms with Gasteiger partial charge in [-0.25, -0.2) is 13.6 Å². The molecule has 0 amide bonds. The molecule has 0 bridgehead atoms. The van der Waals surface area contributed by atoms with Gasteiger partial charge < -0.3 is 9.47 Å². The normalized spacial score (nSPS) is 10.9. The van der Waals surface area contributed by atoms with Crippen molar-refractivity contribution in [2.45, 2.75) is 65.2 Å². The fourth-order valence-electron chi connectivity index (χ4n) is 3.81. The van der Waals surface area contributed by atoms with Crippen molar-refractivity contribution in [3.63, 3.8) is 0 Å². The maximum absolute atomic E-state index is 14.5. The molecule has 0 N–H and O–H groups in total. The zero-order valence-corrected chi connectivity index (χ0v) is 20.6. The minimum absolute atomic E-state index is 0.0950. The number of ether oxygens (including phenoxy) is 2. The van der Waals surface area contributed by atoms with Crippen molar-refractivity contribution in [2.75, 3.05) is 6.61 Å². The molecule has 0 aliphatic carbocycles. The van der Waals surface area contributed by atoms with Crippen LogP contribution in [0.15, 0.2) is 60.7 Å². The van der Waals surface area contributed by atoms with E-state index in [1.165, 1.54) is 37.5 Å². The molecule has 35 heavy (non-hydrogen) atoms. The van der Waals surface area contributed by atoms with Gasteiger partial charge in [0.05, 0.1) is 12.2 Å². The lowest BCUT2D eigenvalue weighted by molar-refractivity contribution is 0.0728. The smallest absolute Gasteiger partial charge is 0.343 e.